The first-order valence-electron chi connectivity index (χ1n) is 7.63. The summed E-state index contributed by atoms with van der Waals surface area (Å²) in [6, 6.07) is 10.4. The van der Waals surface area contributed by atoms with Crippen LogP contribution in [0.2, 0.25) is 0 Å². The van der Waals surface area contributed by atoms with Gasteiger partial charge in [-0.2, -0.15) is 0 Å². The highest BCUT2D eigenvalue weighted by Crippen LogP contribution is 2.44. The Morgan fingerprint density at radius 3 is 2.39 bits per heavy atom. The Bertz CT molecular complexity index is 765. The Balaban J connectivity index is 2.25. The van der Waals surface area contributed by atoms with Crippen LogP contribution in [0.15, 0.2) is 35.3 Å². The number of nitrogens with zero attached hydrogens (tertiary/aromatic N) is 1. The molecule has 0 fully saturated rings. The fourth-order valence-corrected chi connectivity index (χ4v) is 3.06. The Morgan fingerprint density at radius 2 is 1.74 bits per heavy atom. The summed E-state index contributed by atoms with van der Waals surface area (Å²) in [7, 11) is 4.92. The van der Waals surface area contributed by atoms with Gasteiger partial charge < -0.3 is 14.2 Å². The minimum Gasteiger partial charge on any atom is -0.493 e. The number of aliphatic imine (C=N–C) groups is 1. The molecule has 0 atom stereocenters. The molecular weight excluding hydrogens is 290 g/mol. The second-order valence-electron chi connectivity index (χ2n) is 5.53. The van der Waals surface area contributed by atoms with Crippen LogP contribution in [0.5, 0.6) is 17.2 Å². The van der Waals surface area contributed by atoms with E-state index in [2.05, 4.69) is 31.2 Å². The van der Waals surface area contributed by atoms with Gasteiger partial charge in [0.1, 0.15) is 0 Å². The van der Waals surface area contributed by atoms with E-state index in [1.807, 2.05) is 6.07 Å². The van der Waals surface area contributed by atoms with Crippen LogP contribution < -0.4 is 14.2 Å². The first kappa shape index (κ1) is 15.4. The maximum absolute atomic E-state index is 5.67. The van der Waals surface area contributed by atoms with Gasteiger partial charge in [0.25, 0.3) is 0 Å². The number of hydrogen-bond donors (Lipinski definition) is 0. The normalized spacial score (nSPS) is 13.1. The van der Waals surface area contributed by atoms with Crippen LogP contribution in [0.1, 0.15) is 22.3 Å². The van der Waals surface area contributed by atoms with Crippen molar-refractivity contribution in [3.05, 3.63) is 52.6 Å². The molecule has 0 spiro atoms. The van der Waals surface area contributed by atoms with Gasteiger partial charge in [-0.05, 0) is 31.0 Å². The van der Waals surface area contributed by atoms with E-state index >= 15 is 0 Å². The predicted octanol–water partition coefficient (Wildman–Crippen LogP) is 3.41. The molecule has 0 aliphatic carbocycles. The number of rotatable bonds is 4. The maximum atomic E-state index is 5.67. The summed E-state index contributed by atoms with van der Waals surface area (Å²) in [5.74, 6) is 1.98. The number of aryl methyl sites for hydroxylation is 1. The van der Waals surface area contributed by atoms with E-state index in [9.17, 15) is 0 Å². The monoisotopic (exact) mass is 311 g/mol. The number of hydrogen-bond acceptors (Lipinski definition) is 4. The van der Waals surface area contributed by atoms with Crippen molar-refractivity contribution in [1.29, 1.82) is 0 Å². The third-order valence-electron chi connectivity index (χ3n) is 4.09. The molecule has 0 radical (unpaired) electrons. The van der Waals surface area contributed by atoms with Crippen molar-refractivity contribution in [2.45, 2.75) is 13.3 Å². The summed E-state index contributed by atoms with van der Waals surface area (Å²) in [6.45, 7) is 2.84. The Hall–Kier alpha value is -2.49. The molecule has 4 heteroatoms. The molecule has 0 unspecified atom stereocenters. The van der Waals surface area contributed by atoms with E-state index in [1.54, 1.807) is 21.3 Å². The van der Waals surface area contributed by atoms with E-state index in [1.165, 1.54) is 11.1 Å². The smallest absolute Gasteiger partial charge is 0.203 e. The van der Waals surface area contributed by atoms with Gasteiger partial charge in [-0.3, -0.25) is 4.99 Å². The van der Waals surface area contributed by atoms with Gasteiger partial charge in [0, 0.05) is 17.7 Å². The third-order valence-corrected chi connectivity index (χ3v) is 4.09. The number of fused-ring (bicyclic) bond motifs is 1. The molecule has 0 amide bonds. The standard InChI is InChI=1S/C19H21NO3/c1-12-6-5-7-14(10-12)17-16-13(8-9-20-17)11-15(21-2)18(22-3)19(16)23-4/h5-7,10-11H,8-9H2,1-4H3. The topological polar surface area (TPSA) is 40.0 Å². The van der Waals surface area contributed by atoms with Crippen LogP contribution in [0.3, 0.4) is 0 Å². The zero-order valence-corrected chi connectivity index (χ0v) is 14.0. The number of ether oxygens (including phenoxy) is 3. The summed E-state index contributed by atoms with van der Waals surface area (Å²) in [5, 5.41) is 0. The van der Waals surface area contributed by atoms with Gasteiger partial charge in [-0.25, -0.2) is 0 Å². The van der Waals surface area contributed by atoms with E-state index in [4.69, 9.17) is 19.2 Å². The van der Waals surface area contributed by atoms with E-state index in [0.29, 0.717) is 17.2 Å². The largest absolute Gasteiger partial charge is 0.493 e. The molecule has 0 bridgehead atoms. The van der Waals surface area contributed by atoms with Gasteiger partial charge in [0.2, 0.25) is 5.75 Å². The lowest BCUT2D eigenvalue weighted by atomic mass is 9.91. The molecule has 1 aliphatic heterocycles. The van der Waals surface area contributed by atoms with E-state index in [-0.39, 0.29) is 0 Å². The SMILES string of the molecule is COc1cc2c(c(OC)c1OC)C(c1cccc(C)c1)=NCC2. The quantitative estimate of drug-likeness (QED) is 0.868. The number of methoxy groups -OCH3 is 3. The van der Waals surface area contributed by atoms with Crippen LogP contribution in [-0.4, -0.2) is 33.6 Å². The van der Waals surface area contributed by atoms with Gasteiger partial charge in [-0.1, -0.05) is 23.8 Å². The molecule has 3 rings (SSSR count). The van der Waals surface area contributed by atoms with Gasteiger partial charge in [0.15, 0.2) is 11.5 Å². The van der Waals surface area contributed by atoms with Crippen LogP contribution in [0.4, 0.5) is 0 Å². The van der Waals surface area contributed by atoms with Crippen molar-refractivity contribution < 1.29 is 14.2 Å². The maximum Gasteiger partial charge on any atom is 0.203 e. The van der Waals surface area contributed by atoms with E-state index < -0.39 is 0 Å². The van der Waals surface area contributed by atoms with Crippen molar-refractivity contribution in [3.8, 4) is 17.2 Å². The lowest BCUT2D eigenvalue weighted by Gasteiger charge is -2.23. The molecule has 4 nitrogen and oxygen atoms in total. The third kappa shape index (κ3) is 2.65. The fourth-order valence-electron chi connectivity index (χ4n) is 3.06. The Labute approximate surface area is 136 Å². The first-order valence-corrected chi connectivity index (χ1v) is 7.63. The molecule has 1 aliphatic rings. The second kappa shape index (κ2) is 6.32. The molecule has 0 saturated carbocycles. The molecule has 1 heterocycles. The summed E-state index contributed by atoms with van der Waals surface area (Å²) in [6.07, 6.45) is 0.862. The van der Waals surface area contributed by atoms with Gasteiger partial charge >= 0.3 is 0 Å². The van der Waals surface area contributed by atoms with Crippen molar-refractivity contribution >= 4 is 5.71 Å². The van der Waals surface area contributed by atoms with E-state index in [0.717, 1.165) is 29.8 Å². The molecule has 120 valence electrons. The molecule has 2 aromatic rings. The van der Waals surface area contributed by atoms with Gasteiger partial charge in [-0.15, -0.1) is 0 Å². The first-order chi connectivity index (χ1) is 11.2. The Morgan fingerprint density at radius 1 is 0.957 bits per heavy atom. The summed E-state index contributed by atoms with van der Waals surface area (Å²) in [5.41, 5.74) is 5.42. The van der Waals surface area contributed by atoms with Crippen molar-refractivity contribution in [2.75, 3.05) is 27.9 Å². The minimum atomic E-state index is 0.607. The summed E-state index contributed by atoms with van der Waals surface area (Å²) < 4.78 is 16.7. The predicted molar refractivity (Wildman–Crippen MR) is 91.5 cm³/mol. The Kier molecular flexibility index (Phi) is 4.24. The molecular formula is C19H21NO3. The molecule has 0 saturated heterocycles. The van der Waals surface area contributed by atoms with Crippen molar-refractivity contribution in [1.82, 2.24) is 0 Å². The highest BCUT2D eigenvalue weighted by molar-refractivity contribution is 6.16. The molecule has 0 aromatic heterocycles. The summed E-state index contributed by atoms with van der Waals surface area (Å²) in [4.78, 5) is 4.76. The number of benzene rings is 2. The molecule has 0 N–H and O–H groups in total. The van der Waals surface area contributed by atoms with Crippen LogP contribution in [0, 0.1) is 6.92 Å². The van der Waals surface area contributed by atoms with Crippen LogP contribution in [0.25, 0.3) is 0 Å². The zero-order valence-electron chi connectivity index (χ0n) is 14.0. The van der Waals surface area contributed by atoms with Crippen LogP contribution in [-0.2, 0) is 6.42 Å². The lowest BCUT2D eigenvalue weighted by molar-refractivity contribution is 0.323. The highest BCUT2D eigenvalue weighted by Gasteiger charge is 2.26. The van der Waals surface area contributed by atoms with Crippen LogP contribution >= 0.6 is 0 Å². The molecule has 2 aromatic carbocycles. The minimum absolute atomic E-state index is 0.607. The average Bonchev–Trinajstić information content (AvgIpc) is 2.59. The highest BCUT2D eigenvalue weighted by atomic mass is 16.5. The van der Waals surface area contributed by atoms with Gasteiger partial charge in [0.05, 0.1) is 27.0 Å². The van der Waals surface area contributed by atoms with Crippen molar-refractivity contribution in [3.63, 3.8) is 0 Å². The van der Waals surface area contributed by atoms with Crippen molar-refractivity contribution in [2.24, 2.45) is 4.99 Å². The average molecular weight is 311 g/mol. The fraction of sp³-hybridized carbons (Fsp3) is 0.316. The second-order valence-corrected chi connectivity index (χ2v) is 5.53. The lowest BCUT2D eigenvalue weighted by Crippen LogP contribution is -2.16. The summed E-state index contributed by atoms with van der Waals surface area (Å²) >= 11 is 0. The zero-order chi connectivity index (χ0) is 16.4. The molecule has 23 heavy (non-hydrogen) atoms.